The molecule has 53 heavy (non-hydrogen) atoms. The molecule has 5 rings (SSSR count). The molecule has 5 saturated heterocycles. The summed E-state index contributed by atoms with van der Waals surface area (Å²) in [6.45, 7) is 18.3. The SMILES string of the molecule is COC(=O)N1CCC(O)CC1.COC(=O)N1CCC(OC)CC1.COC1CCN(CCN)CC1.COC1CCNCC1.[C-]#[N+]CN1CCC(OC)CC1. The van der Waals surface area contributed by atoms with Gasteiger partial charge in [-0.05, 0) is 77.3 Å². The number of methoxy groups -OCH3 is 6. The van der Waals surface area contributed by atoms with E-state index in [-0.39, 0.29) is 18.3 Å². The summed E-state index contributed by atoms with van der Waals surface area (Å²) >= 11 is 0. The highest BCUT2D eigenvalue weighted by Crippen LogP contribution is 2.14. The van der Waals surface area contributed by atoms with Crippen molar-refractivity contribution in [3.63, 3.8) is 0 Å². The van der Waals surface area contributed by atoms with Crippen LogP contribution in [0.25, 0.3) is 4.85 Å². The number of nitrogens with two attached hydrogens (primary N) is 1. The van der Waals surface area contributed by atoms with Crippen molar-refractivity contribution in [2.24, 2.45) is 5.73 Å². The van der Waals surface area contributed by atoms with Crippen LogP contribution in [0.15, 0.2) is 0 Å². The molecule has 0 saturated carbocycles. The quantitative estimate of drug-likeness (QED) is 0.325. The molecule has 4 N–H and O–H groups in total. The van der Waals surface area contributed by atoms with Crippen LogP contribution in [0.3, 0.4) is 0 Å². The van der Waals surface area contributed by atoms with Gasteiger partial charge in [0.15, 0.2) is 0 Å². The van der Waals surface area contributed by atoms with Gasteiger partial charge in [0.2, 0.25) is 0 Å². The van der Waals surface area contributed by atoms with Crippen molar-refractivity contribution in [2.75, 3.05) is 128 Å². The van der Waals surface area contributed by atoms with E-state index in [1.807, 2.05) is 0 Å². The molecule has 0 atom stereocenters. The lowest BCUT2D eigenvalue weighted by Gasteiger charge is -2.30. The van der Waals surface area contributed by atoms with Gasteiger partial charge in [-0.2, -0.15) is 0 Å². The third-order valence-corrected chi connectivity index (χ3v) is 10.2. The normalized spacial score (nSPS) is 21.2. The zero-order valence-corrected chi connectivity index (χ0v) is 33.7. The Hall–Kier alpha value is -2.33. The Morgan fingerprint density at radius 1 is 0.623 bits per heavy atom. The van der Waals surface area contributed by atoms with E-state index in [4.69, 9.17) is 36.4 Å². The summed E-state index contributed by atoms with van der Waals surface area (Å²) in [4.78, 5) is 33.1. The fourth-order valence-electron chi connectivity index (χ4n) is 6.55. The number of hydrogen-bond acceptors (Lipinski definition) is 13. The molecular weight excluding hydrogens is 686 g/mol. The summed E-state index contributed by atoms with van der Waals surface area (Å²) in [6.07, 6.45) is 11.0. The van der Waals surface area contributed by atoms with Crippen LogP contribution in [0.4, 0.5) is 9.59 Å². The third-order valence-electron chi connectivity index (χ3n) is 10.2. The summed E-state index contributed by atoms with van der Waals surface area (Å²) in [5.41, 5.74) is 5.45. The molecule has 0 unspecified atom stereocenters. The first-order valence-corrected chi connectivity index (χ1v) is 19.3. The lowest BCUT2D eigenvalue weighted by Crippen LogP contribution is -2.40. The number of likely N-dealkylation sites (tertiary alicyclic amines) is 4. The van der Waals surface area contributed by atoms with Crippen molar-refractivity contribution < 1.29 is 43.1 Å². The van der Waals surface area contributed by atoms with Crippen molar-refractivity contribution in [2.45, 2.75) is 94.7 Å². The number of aliphatic hydroxyl groups excluding tert-OH is 1. The third kappa shape index (κ3) is 22.0. The van der Waals surface area contributed by atoms with Gasteiger partial charge in [-0.25, -0.2) is 21.1 Å². The summed E-state index contributed by atoms with van der Waals surface area (Å²) in [7, 11) is 9.82. The number of piperidine rings is 5. The van der Waals surface area contributed by atoms with E-state index in [1.165, 1.54) is 27.1 Å². The molecule has 0 spiro atoms. The number of amides is 2. The standard InChI is InChI=1S/C8H14N2O.C8H18N2O.C8H15NO3.C7H13NO3.C6H13NO/c1-9-7-10-5-3-8(11-2)4-6-10;1-11-8-2-5-10(6-3-8)7-4-9;1-11-7-3-5-9(6-4-7)8(10)12-2;1-11-7(10)8-4-2-6(9)3-5-8;1-8-6-2-4-7-5-3-6/h8H,3-7H2,2H3;8H,2-7,9H2,1H3;7H,3-6H2,1-2H3;6,9H,2-5H2,1H3;6-7H,2-5H2,1H3. The van der Waals surface area contributed by atoms with Crippen LogP contribution in [0.5, 0.6) is 0 Å². The Morgan fingerprint density at radius 3 is 1.32 bits per heavy atom. The minimum atomic E-state index is -0.295. The molecule has 0 aromatic carbocycles. The Bertz CT molecular complexity index is 941. The fourth-order valence-corrected chi connectivity index (χ4v) is 6.55. The maximum Gasteiger partial charge on any atom is 0.409 e. The summed E-state index contributed by atoms with van der Waals surface area (Å²) in [5.74, 6) is 0. The molecule has 0 aliphatic carbocycles. The fraction of sp³-hybridized carbons (Fsp3) is 0.919. The number of ether oxygens (including phenoxy) is 6. The van der Waals surface area contributed by atoms with Gasteiger partial charge in [-0.3, -0.25) is 4.85 Å². The van der Waals surface area contributed by atoms with E-state index in [0.29, 0.717) is 57.0 Å². The Kier molecular flexibility index (Phi) is 28.4. The largest absolute Gasteiger partial charge is 0.453 e. The molecule has 5 fully saturated rings. The minimum Gasteiger partial charge on any atom is -0.453 e. The van der Waals surface area contributed by atoms with Crippen molar-refractivity contribution >= 4 is 12.2 Å². The van der Waals surface area contributed by atoms with Gasteiger partial charge in [0.1, 0.15) is 0 Å². The predicted octanol–water partition coefficient (Wildman–Crippen LogP) is 2.49. The van der Waals surface area contributed by atoms with Crippen LogP contribution in [-0.4, -0.2) is 195 Å². The van der Waals surface area contributed by atoms with Gasteiger partial charge in [0.05, 0.1) is 44.7 Å². The number of hydrogen-bond donors (Lipinski definition) is 3. The van der Waals surface area contributed by atoms with Gasteiger partial charge in [0, 0.05) is 93.9 Å². The molecule has 0 aromatic rings. The average molecular weight is 760 g/mol. The molecule has 5 aliphatic heterocycles. The molecular formula is C37H73N7O9. The number of carbonyl (C=O) groups excluding carboxylic acids is 2. The zero-order chi connectivity index (χ0) is 39.3. The number of aliphatic hydroxyl groups is 1. The van der Waals surface area contributed by atoms with Crippen molar-refractivity contribution in [1.82, 2.24) is 24.9 Å². The second kappa shape index (κ2) is 30.9. The second-order valence-corrected chi connectivity index (χ2v) is 13.7. The van der Waals surface area contributed by atoms with Crippen molar-refractivity contribution in [1.29, 1.82) is 0 Å². The molecule has 2 amide bonds. The highest BCUT2D eigenvalue weighted by molar-refractivity contribution is 5.67. The highest BCUT2D eigenvalue weighted by atomic mass is 16.5. The van der Waals surface area contributed by atoms with Crippen molar-refractivity contribution in [3.8, 4) is 0 Å². The van der Waals surface area contributed by atoms with Crippen LogP contribution in [-0.2, 0) is 28.4 Å². The van der Waals surface area contributed by atoms with E-state index >= 15 is 0 Å². The van der Waals surface area contributed by atoms with E-state index in [9.17, 15) is 9.59 Å². The topological polar surface area (TPSA) is 165 Å². The predicted molar refractivity (Wildman–Crippen MR) is 205 cm³/mol. The Balaban J connectivity index is 0.000000333. The maximum atomic E-state index is 11.0. The zero-order valence-electron chi connectivity index (χ0n) is 33.7. The van der Waals surface area contributed by atoms with Crippen LogP contribution >= 0.6 is 0 Å². The summed E-state index contributed by atoms with van der Waals surface area (Å²) < 4.78 is 29.9. The summed E-state index contributed by atoms with van der Waals surface area (Å²) in [6, 6.07) is 0. The number of nitrogens with one attached hydrogen (secondary N) is 1. The van der Waals surface area contributed by atoms with E-state index in [0.717, 1.165) is 104 Å². The second-order valence-electron chi connectivity index (χ2n) is 13.7. The van der Waals surface area contributed by atoms with E-state index in [1.54, 1.807) is 38.2 Å². The van der Waals surface area contributed by atoms with Gasteiger partial charge in [0.25, 0.3) is 6.67 Å². The van der Waals surface area contributed by atoms with Gasteiger partial charge in [-0.1, -0.05) is 0 Å². The molecule has 0 bridgehead atoms. The Morgan fingerprint density at radius 2 is 0.981 bits per heavy atom. The molecule has 5 aliphatic rings. The highest BCUT2D eigenvalue weighted by Gasteiger charge is 2.23. The first-order valence-electron chi connectivity index (χ1n) is 19.3. The molecule has 0 radical (unpaired) electrons. The number of rotatable bonds is 7. The smallest absolute Gasteiger partial charge is 0.409 e. The minimum absolute atomic E-state index is 0.232. The maximum absolute atomic E-state index is 11.0. The van der Waals surface area contributed by atoms with Gasteiger partial charge < -0.3 is 59.3 Å². The van der Waals surface area contributed by atoms with Crippen LogP contribution in [0.1, 0.15) is 64.2 Å². The monoisotopic (exact) mass is 760 g/mol. The van der Waals surface area contributed by atoms with E-state index < -0.39 is 0 Å². The first-order chi connectivity index (χ1) is 25.7. The number of carbonyl (C=O) groups is 2. The molecule has 16 heteroatoms. The lowest BCUT2D eigenvalue weighted by atomic mass is 10.1. The molecule has 0 aromatic heterocycles. The van der Waals surface area contributed by atoms with E-state index in [2.05, 4.69) is 29.4 Å². The van der Waals surface area contributed by atoms with Crippen LogP contribution in [0.2, 0.25) is 0 Å². The summed E-state index contributed by atoms with van der Waals surface area (Å²) in [5, 5.41) is 12.4. The first kappa shape index (κ1) is 48.7. The molecule has 16 nitrogen and oxygen atoms in total. The Labute approximate surface area is 319 Å². The van der Waals surface area contributed by atoms with Crippen molar-refractivity contribution in [3.05, 3.63) is 11.4 Å². The lowest BCUT2D eigenvalue weighted by molar-refractivity contribution is 0.0380. The van der Waals surface area contributed by atoms with Crippen LogP contribution < -0.4 is 11.1 Å². The number of nitrogens with zero attached hydrogens (tertiary/aromatic N) is 5. The van der Waals surface area contributed by atoms with Gasteiger partial charge in [-0.15, -0.1) is 0 Å². The van der Waals surface area contributed by atoms with Crippen LogP contribution in [0, 0.1) is 6.57 Å². The molecule has 5 heterocycles. The average Bonchev–Trinajstić information content (AvgIpc) is 3.22. The van der Waals surface area contributed by atoms with Gasteiger partial charge >= 0.3 is 12.2 Å². The molecule has 310 valence electrons.